The molecule has 0 radical (unpaired) electrons. The standard InChI is InChI=1S/C33H47NO6Si/c1-32(2,3)41(7,8)40-28(24-31(36)39-6)23-26(35)16-17-33(25-12-11-13-27(22-25)37-4)18-20-34(21-19-33)29-14-9-10-15-30(29)38-5/h9-17,22,28H,18-21,23-24H2,1-8H3/b17-16+. The van der Waals surface area contributed by atoms with Gasteiger partial charge in [-0.25, -0.2) is 0 Å². The summed E-state index contributed by atoms with van der Waals surface area (Å²) in [5, 5.41) is -0.0495. The normalized spacial score (nSPS) is 16.3. The number of ether oxygens (including phenoxy) is 3. The highest BCUT2D eigenvalue weighted by atomic mass is 28.4. The molecule has 0 saturated carbocycles. The number of anilines is 1. The Bertz CT molecular complexity index is 1210. The molecular formula is C33H47NO6Si. The molecule has 0 N–H and O–H groups in total. The van der Waals surface area contributed by atoms with E-state index in [4.69, 9.17) is 18.6 Å². The number of piperidine rings is 1. The minimum Gasteiger partial charge on any atom is -0.497 e. The topological polar surface area (TPSA) is 74.3 Å². The van der Waals surface area contributed by atoms with Crippen molar-refractivity contribution in [2.45, 2.75) is 76.1 Å². The number of esters is 1. The summed E-state index contributed by atoms with van der Waals surface area (Å²) in [5.74, 6) is 1.20. The number of carbonyl (C=O) groups is 2. The van der Waals surface area contributed by atoms with Gasteiger partial charge in [0.15, 0.2) is 14.1 Å². The van der Waals surface area contributed by atoms with Gasteiger partial charge in [-0.15, -0.1) is 0 Å². The van der Waals surface area contributed by atoms with Gasteiger partial charge in [0.25, 0.3) is 0 Å². The second-order valence-corrected chi connectivity index (χ2v) is 17.1. The van der Waals surface area contributed by atoms with Crippen LogP contribution in [0.1, 0.15) is 52.0 Å². The molecule has 0 amide bonds. The van der Waals surface area contributed by atoms with Crippen LogP contribution in [0, 0.1) is 0 Å². The Labute approximate surface area is 246 Å². The van der Waals surface area contributed by atoms with Crippen LogP contribution in [0.15, 0.2) is 60.7 Å². The minimum absolute atomic E-state index is 0.0495. The molecule has 3 rings (SSSR count). The lowest BCUT2D eigenvalue weighted by molar-refractivity contribution is -0.142. The molecule has 0 bridgehead atoms. The number of methoxy groups -OCH3 is 3. The third kappa shape index (κ3) is 8.23. The SMILES string of the molecule is COC(=O)CC(CC(=O)/C=C/C1(c2cccc(OC)c2)CCN(c2ccccc2OC)CC1)O[Si](C)(C)C(C)(C)C. The van der Waals surface area contributed by atoms with Crippen molar-refractivity contribution in [2.75, 3.05) is 39.3 Å². The van der Waals surface area contributed by atoms with Crippen molar-refractivity contribution in [3.63, 3.8) is 0 Å². The zero-order valence-electron chi connectivity index (χ0n) is 26.0. The smallest absolute Gasteiger partial charge is 0.308 e. The molecule has 0 aromatic heterocycles. The number of ketones is 1. The Balaban J connectivity index is 1.86. The fourth-order valence-electron chi connectivity index (χ4n) is 5.09. The molecule has 2 aromatic carbocycles. The number of hydrogen-bond acceptors (Lipinski definition) is 7. The fourth-order valence-corrected chi connectivity index (χ4v) is 6.44. The number of rotatable bonds is 12. The van der Waals surface area contributed by atoms with E-state index in [1.807, 2.05) is 30.3 Å². The molecule has 0 spiro atoms. The van der Waals surface area contributed by atoms with Gasteiger partial charge in [0.05, 0.1) is 39.5 Å². The summed E-state index contributed by atoms with van der Waals surface area (Å²) in [5.41, 5.74) is 1.84. The van der Waals surface area contributed by atoms with Gasteiger partial charge in [0.2, 0.25) is 0 Å². The van der Waals surface area contributed by atoms with Gasteiger partial charge in [-0.1, -0.05) is 51.1 Å². The van der Waals surface area contributed by atoms with E-state index in [9.17, 15) is 9.59 Å². The lowest BCUT2D eigenvalue weighted by Crippen LogP contribution is -2.45. The maximum Gasteiger partial charge on any atom is 0.308 e. The molecule has 41 heavy (non-hydrogen) atoms. The minimum atomic E-state index is -2.21. The number of carbonyl (C=O) groups excluding carboxylic acids is 2. The van der Waals surface area contributed by atoms with E-state index >= 15 is 0 Å². The van der Waals surface area contributed by atoms with Crippen molar-refractivity contribution in [1.29, 1.82) is 0 Å². The second-order valence-electron chi connectivity index (χ2n) is 12.3. The van der Waals surface area contributed by atoms with Gasteiger partial charge in [0.1, 0.15) is 11.5 Å². The lowest BCUT2D eigenvalue weighted by Gasteiger charge is -2.42. The molecule has 0 aliphatic carbocycles. The van der Waals surface area contributed by atoms with Crippen molar-refractivity contribution in [1.82, 2.24) is 0 Å². The summed E-state index contributed by atoms with van der Waals surface area (Å²) in [6, 6.07) is 16.2. The average molecular weight is 582 g/mol. The summed E-state index contributed by atoms with van der Waals surface area (Å²) in [7, 11) is 2.51. The highest BCUT2D eigenvalue weighted by Crippen LogP contribution is 2.41. The molecule has 8 heteroatoms. The summed E-state index contributed by atoms with van der Waals surface area (Å²) >= 11 is 0. The Morgan fingerprint density at radius 1 is 0.976 bits per heavy atom. The molecule has 2 aromatic rings. The van der Waals surface area contributed by atoms with Gasteiger partial charge < -0.3 is 23.5 Å². The predicted molar refractivity (Wildman–Crippen MR) is 167 cm³/mol. The summed E-state index contributed by atoms with van der Waals surface area (Å²) in [6.45, 7) is 12.3. The van der Waals surface area contributed by atoms with Crippen LogP contribution in [-0.4, -0.2) is 60.6 Å². The number of hydrogen-bond donors (Lipinski definition) is 0. The van der Waals surface area contributed by atoms with E-state index in [-0.39, 0.29) is 35.0 Å². The first-order chi connectivity index (χ1) is 19.3. The van der Waals surface area contributed by atoms with Crippen LogP contribution in [0.4, 0.5) is 5.69 Å². The van der Waals surface area contributed by atoms with Crippen LogP contribution in [0.2, 0.25) is 18.1 Å². The number of nitrogens with zero attached hydrogens (tertiary/aromatic N) is 1. The van der Waals surface area contributed by atoms with E-state index in [0.717, 1.165) is 48.7 Å². The highest BCUT2D eigenvalue weighted by molar-refractivity contribution is 6.74. The Morgan fingerprint density at radius 3 is 2.27 bits per heavy atom. The lowest BCUT2D eigenvalue weighted by atomic mass is 9.72. The number of allylic oxidation sites excluding steroid dienone is 2. The van der Waals surface area contributed by atoms with Crippen molar-refractivity contribution >= 4 is 25.8 Å². The summed E-state index contributed by atoms with van der Waals surface area (Å²) in [4.78, 5) is 27.9. The Kier molecular flexibility index (Phi) is 10.8. The maximum absolute atomic E-state index is 13.4. The van der Waals surface area contributed by atoms with E-state index in [1.165, 1.54) is 7.11 Å². The van der Waals surface area contributed by atoms with E-state index in [2.05, 4.69) is 63.0 Å². The second kappa shape index (κ2) is 13.7. The predicted octanol–water partition coefficient (Wildman–Crippen LogP) is 6.71. The molecule has 1 aliphatic rings. The van der Waals surface area contributed by atoms with Crippen molar-refractivity contribution in [3.05, 3.63) is 66.2 Å². The van der Waals surface area contributed by atoms with Crippen LogP contribution in [0.5, 0.6) is 11.5 Å². The molecular weight excluding hydrogens is 534 g/mol. The zero-order chi connectivity index (χ0) is 30.3. The number of benzene rings is 2. The van der Waals surface area contributed by atoms with Gasteiger partial charge in [-0.3, -0.25) is 9.59 Å². The molecule has 1 fully saturated rings. The molecule has 224 valence electrons. The van der Waals surface area contributed by atoms with Crippen molar-refractivity contribution < 1.29 is 28.2 Å². The molecule has 1 unspecified atom stereocenters. The van der Waals surface area contributed by atoms with E-state index in [0.29, 0.717) is 0 Å². The quantitative estimate of drug-likeness (QED) is 0.157. The maximum atomic E-state index is 13.4. The van der Waals surface area contributed by atoms with Gasteiger partial charge in [-0.05, 0) is 66.9 Å². The molecule has 1 aliphatic heterocycles. The first-order valence-electron chi connectivity index (χ1n) is 14.3. The van der Waals surface area contributed by atoms with Crippen molar-refractivity contribution in [3.8, 4) is 11.5 Å². The summed E-state index contributed by atoms with van der Waals surface area (Å²) < 4.78 is 22.6. The zero-order valence-corrected chi connectivity index (χ0v) is 27.0. The molecule has 1 heterocycles. The first kappa shape index (κ1) is 32.4. The van der Waals surface area contributed by atoms with Gasteiger partial charge in [-0.2, -0.15) is 0 Å². The Hall–Kier alpha value is -3.10. The third-order valence-corrected chi connectivity index (χ3v) is 13.2. The van der Waals surface area contributed by atoms with E-state index in [1.54, 1.807) is 20.3 Å². The monoisotopic (exact) mass is 581 g/mol. The van der Waals surface area contributed by atoms with Crippen LogP contribution >= 0.6 is 0 Å². The molecule has 1 saturated heterocycles. The molecule has 7 nitrogen and oxygen atoms in total. The first-order valence-corrected chi connectivity index (χ1v) is 17.2. The van der Waals surface area contributed by atoms with Crippen LogP contribution in [-0.2, 0) is 24.2 Å². The largest absolute Gasteiger partial charge is 0.497 e. The fraction of sp³-hybridized carbons (Fsp3) is 0.515. The van der Waals surface area contributed by atoms with Crippen molar-refractivity contribution in [2.24, 2.45) is 0 Å². The third-order valence-electron chi connectivity index (χ3n) is 8.63. The van der Waals surface area contributed by atoms with Crippen LogP contribution < -0.4 is 14.4 Å². The highest BCUT2D eigenvalue weighted by Gasteiger charge is 2.40. The van der Waals surface area contributed by atoms with Crippen LogP contribution in [0.3, 0.4) is 0 Å². The van der Waals surface area contributed by atoms with Gasteiger partial charge in [0, 0.05) is 24.9 Å². The van der Waals surface area contributed by atoms with Crippen LogP contribution in [0.25, 0.3) is 0 Å². The molecule has 1 atom stereocenters. The number of para-hydroxylation sites is 2. The average Bonchev–Trinajstić information content (AvgIpc) is 2.95. The summed E-state index contributed by atoms with van der Waals surface area (Å²) in [6.07, 6.45) is 5.03. The van der Waals surface area contributed by atoms with E-state index < -0.39 is 14.4 Å². The van der Waals surface area contributed by atoms with Gasteiger partial charge >= 0.3 is 5.97 Å². The Morgan fingerprint density at radius 2 is 1.66 bits per heavy atom.